The van der Waals surface area contributed by atoms with E-state index in [0.717, 1.165) is 30.7 Å². The molecule has 0 spiro atoms. The van der Waals surface area contributed by atoms with Gasteiger partial charge in [0.2, 0.25) is 10.0 Å². The lowest BCUT2D eigenvalue weighted by Gasteiger charge is -2.20. The van der Waals surface area contributed by atoms with Gasteiger partial charge in [-0.1, -0.05) is 12.8 Å². The number of hydrogen-bond donors (Lipinski definition) is 0. The molecule has 2 aromatic rings. The maximum Gasteiger partial charge on any atom is 0.342 e. The van der Waals surface area contributed by atoms with Crippen molar-refractivity contribution in [2.45, 2.75) is 44.1 Å². The van der Waals surface area contributed by atoms with Crippen LogP contribution in [-0.4, -0.2) is 43.9 Å². The molecule has 2 heterocycles. The Kier molecular flexibility index (Phi) is 6.69. The van der Waals surface area contributed by atoms with Crippen LogP contribution in [-0.2, 0) is 21.4 Å². The molecule has 3 rings (SSSR count). The lowest BCUT2D eigenvalue weighted by Crippen LogP contribution is -2.32. The van der Waals surface area contributed by atoms with Gasteiger partial charge in [-0.3, -0.25) is 0 Å². The van der Waals surface area contributed by atoms with Crippen LogP contribution in [0.2, 0.25) is 0 Å². The van der Waals surface area contributed by atoms with Crippen LogP contribution < -0.4 is 4.74 Å². The van der Waals surface area contributed by atoms with Gasteiger partial charge in [0.15, 0.2) is 0 Å². The number of rotatable bonds is 6. The molecule has 0 N–H and O–H groups in total. The van der Waals surface area contributed by atoms with Crippen LogP contribution in [0.3, 0.4) is 0 Å². The van der Waals surface area contributed by atoms with Crippen LogP contribution in [0.4, 0.5) is 0 Å². The van der Waals surface area contributed by atoms with Gasteiger partial charge < -0.3 is 9.47 Å². The maximum atomic E-state index is 13.0. The molecule has 1 aromatic heterocycles. The third-order valence-electron chi connectivity index (χ3n) is 4.61. The summed E-state index contributed by atoms with van der Waals surface area (Å²) in [4.78, 5) is 16.9. The summed E-state index contributed by atoms with van der Waals surface area (Å²) < 4.78 is 38.1. The van der Waals surface area contributed by atoms with Crippen LogP contribution in [0.15, 0.2) is 28.5 Å². The molecule has 0 atom stereocenters. The van der Waals surface area contributed by atoms with Crippen LogP contribution in [0, 0.1) is 6.92 Å². The van der Waals surface area contributed by atoms with Crippen molar-refractivity contribution < 1.29 is 22.7 Å². The second-order valence-electron chi connectivity index (χ2n) is 6.61. The molecule has 9 heteroatoms. The Hall–Kier alpha value is -1.97. The zero-order chi connectivity index (χ0) is 20.1. The first-order valence-corrected chi connectivity index (χ1v) is 11.5. The highest BCUT2D eigenvalue weighted by atomic mass is 32.2. The summed E-state index contributed by atoms with van der Waals surface area (Å²) in [5.41, 5.74) is 0.744. The first kappa shape index (κ1) is 20.8. The van der Waals surface area contributed by atoms with E-state index in [-0.39, 0.29) is 22.8 Å². The van der Waals surface area contributed by atoms with E-state index in [4.69, 9.17) is 9.47 Å². The minimum absolute atomic E-state index is 0.0232. The summed E-state index contributed by atoms with van der Waals surface area (Å²) in [6.45, 7) is 2.89. The number of thiazole rings is 1. The Bertz CT molecular complexity index is 932. The number of carbonyl (C=O) groups is 1. The number of esters is 1. The number of ether oxygens (including phenoxy) is 2. The molecule has 0 unspecified atom stereocenters. The monoisotopic (exact) mass is 424 g/mol. The van der Waals surface area contributed by atoms with E-state index in [1.54, 1.807) is 0 Å². The SMILES string of the molecule is COc1ccc(S(=O)(=O)N2CCCCCC2)cc1C(=O)OCc1csc(C)n1. The van der Waals surface area contributed by atoms with Gasteiger partial charge in [-0.25, -0.2) is 18.2 Å². The third kappa shape index (κ3) is 4.71. The third-order valence-corrected chi connectivity index (χ3v) is 7.33. The largest absolute Gasteiger partial charge is 0.496 e. The van der Waals surface area contributed by atoms with Gasteiger partial charge >= 0.3 is 5.97 Å². The molecule has 1 aromatic carbocycles. The molecule has 152 valence electrons. The molecule has 1 aliphatic heterocycles. The Morgan fingerprint density at radius 2 is 1.93 bits per heavy atom. The lowest BCUT2D eigenvalue weighted by molar-refractivity contribution is 0.0464. The van der Waals surface area contributed by atoms with Gasteiger partial charge in [0, 0.05) is 18.5 Å². The van der Waals surface area contributed by atoms with E-state index >= 15 is 0 Å². The second-order valence-corrected chi connectivity index (χ2v) is 9.61. The maximum absolute atomic E-state index is 13.0. The predicted molar refractivity (Wildman–Crippen MR) is 106 cm³/mol. The summed E-state index contributed by atoms with van der Waals surface area (Å²) in [6.07, 6.45) is 3.75. The molecule has 0 radical (unpaired) electrons. The van der Waals surface area contributed by atoms with Crippen LogP contribution in [0.5, 0.6) is 5.75 Å². The molecular formula is C19H24N2O5S2. The summed E-state index contributed by atoms with van der Waals surface area (Å²) >= 11 is 1.47. The van der Waals surface area contributed by atoms with E-state index in [1.165, 1.54) is 41.0 Å². The first-order chi connectivity index (χ1) is 13.4. The highest BCUT2D eigenvalue weighted by Crippen LogP contribution is 2.27. The molecule has 0 aliphatic carbocycles. The molecule has 0 amide bonds. The van der Waals surface area contributed by atoms with Crippen LogP contribution in [0.25, 0.3) is 0 Å². The van der Waals surface area contributed by atoms with Crippen molar-refractivity contribution in [3.8, 4) is 5.75 Å². The lowest BCUT2D eigenvalue weighted by atomic mass is 10.2. The highest BCUT2D eigenvalue weighted by molar-refractivity contribution is 7.89. The standard InChI is InChI=1S/C19H24N2O5S2/c1-14-20-15(13-27-14)12-26-19(22)17-11-16(7-8-18(17)25-2)28(23,24)21-9-5-3-4-6-10-21/h7-8,11,13H,3-6,9-10,12H2,1-2H3. The van der Waals surface area contributed by atoms with E-state index in [9.17, 15) is 13.2 Å². The number of benzene rings is 1. The van der Waals surface area contributed by atoms with Crippen molar-refractivity contribution >= 4 is 27.3 Å². The van der Waals surface area contributed by atoms with Crippen LogP contribution in [0.1, 0.15) is 46.7 Å². The average Bonchev–Trinajstić information content (AvgIpc) is 2.93. The molecule has 1 saturated heterocycles. The number of hydrogen-bond acceptors (Lipinski definition) is 7. The number of nitrogens with zero attached hydrogens (tertiary/aromatic N) is 2. The molecule has 0 bridgehead atoms. The smallest absolute Gasteiger partial charge is 0.342 e. The number of aryl methyl sites for hydroxylation is 1. The first-order valence-electron chi connectivity index (χ1n) is 9.18. The zero-order valence-corrected chi connectivity index (χ0v) is 17.6. The van der Waals surface area contributed by atoms with Crippen molar-refractivity contribution in [1.82, 2.24) is 9.29 Å². The summed E-state index contributed by atoms with van der Waals surface area (Å²) in [5.74, 6) is -0.371. The van der Waals surface area contributed by atoms with Crippen molar-refractivity contribution in [2.75, 3.05) is 20.2 Å². The number of carbonyl (C=O) groups excluding carboxylic acids is 1. The number of aromatic nitrogens is 1. The Labute approximate surface area is 169 Å². The summed E-state index contributed by atoms with van der Waals surface area (Å²) in [5, 5.41) is 2.70. The Morgan fingerprint density at radius 1 is 1.21 bits per heavy atom. The van der Waals surface area contributed by atoms with E-state index in [1.807, 2.05) is 12.3 Å². The minimum Gasteiger partial charge on any atom is -0.496 e. The quantitative estimate of drug-likeness (QED) is 0.661. The highest BCUT2D eigenvalue weighted by Gasteiger charge is 2.27. The van der Waals surface area contributed by atoms with E-state index < -0.39 is 16.0 Å². The topological polar surface area (TPSA) is 85.8 Å². The molecule has 1 aliphatic rings. The number of methoxy groups -OCH3 is 1. The van der Waals surface area contributed by atoms with Crippen molar-refractivity contribution in [3.63, 3.8) is 0 Å². The Morgan fingerprint density at radius 3 is 2.54 bits per heavy atom. The summed E-state index contributed by atoms with van der Waals surface area (Å²) in [6, 6.07) is 4.31. The Balaban J connectivity index is 1.83. The normalized spacial score (nSPS) is 15.8. The van der Waals surface area contributed by atoms with Gasteiger partial charge in [0.25, 0.3) is 0 Å². The van der Waals surface area contributed by atoms with Crippen molar-refractivity contribution in [1.29, 1.82) is 0 Å². The minimum atomic E-state index is -3.67. The van der Waals surface area contributed by atoms with Gasteiger partial charge in [-0.2, -0.15) is 4.31 Å². The molecule has 7 nitrogen and oxygen atoms in total. The molecular weight excluding hydrogens is 400 g/mol. The zero-order valence-electron chi connectivity index (χ0n) is 16.0. The fourth-order valence-electron chi connectivity index (χ4n) is 3.13. The van der Waals surface area contributed by atoms with Crippen molar-refractivity contribution in [3.05, 3.63) is 39.8 Å². The average molecular weight is 425 g/mol. The van der Waals surface area contributed by atoms with Crippen molar-refractivity contribution in [2.24, 2.45) is 0 Å². The number of sulfonamides is 1. The van der Waals surface area contributed by atoms with Gasteiger partial charge in [-0.15, -0.1) is 11.3 Å². The second kappa shape index (κ2) is 9.02. The fraction of sp³-hybridized carbons (Fsp3) is 0.474. The van der Waals surface area contributed by atoms with Gasteiger partial charge in [0.05, 0.1) is 22.7 Å². The predicted octanol–water partition coefficient (Wildman–Crippen LogP) is 3.38. The molecule has 1 fully saturated rings. The fourth-order valence-corrected chi connectivity index (χ4v) is 5.27. The van der Waals surface area contributed by atoms with E-state index in [0.29, 0.717) is 18.8 Å². The molecule has 28 heavy (non-hydrogen) atoms. The molecule has 0 saturated carbocycles. The van der Waals surface area contributed by atoms with Gasteiger partial charge in [-0.05, 0) is 38.0 Å². The van der Waals surface area contributed by atoms with Crippen LogP contribution >= 0.6 is 11.3 Å². The summed E-state index contributed by atoms with van der Waals surface area (Å²) in [7, 11) is -2.24. The van der Waals surface area contributed by atoms with E-state index in [2.05, 4.69) is 4.98 Å². The van der Waals surface area contributed by atoms with Gasteiger partial charge in [0.1, 0.15) is 17.9 Å².